The normalized spacial score (nSPS) is 24.2. The highest BCUT2D eigenvalue weighted by Gasteiger charge is 2.36. The van der Waals surface area contributed by atoms with Crippen molar-refractivity contribution < 1.29 is 4.74 Å². The largest absolute Gasteiger partial charge is 0.495 e. The quantitative estimate of drug-likeness (QED) is 0.726. The van der Waals surface area contributed by atoms with Crippen LogP contribution in [0.4, 0.5) is 5.69 Å². The Morgan fingerprint density at radius 2 is 1.91 bits per heavy atom. The third-order valence-corrected chi connectivity index (χ3v) is 5.82. The van der Waals surface area contributed by atoms with Gasteiger partial charge >= 0.3 is 0 Å². The molecule has 1 unspecified atom stereocenters. The van der Waals surface area contributed by atoms with Crippen molar-refractivity contribution >= 4 is 21.6 Å². The smallest absolute Gasteiger partial charge is 0.143 e. The number of nitrogens with zero attached hydrogens (tertiary/aromatic N) is 1. The lowest BCUT2D eigenvalue weighted by Gasteiger charge is -2.25. The molecule has 2 aliphatic carbocycles. The molecule has 0 saturated carbocycles. The summed E-state index contributed by atoms with van der Waals surface area (Å²) in [6, 6.07) is 10.6. The van der Waals surface area contributed by atoms with Crippen LogP contribution in [0.3, 0.4) is 0 Å². The first-order chi connectivity index (χ1) is 10.8. The molecular formula is C19H20BrNO. The molecule has 22 heavy (non-hydrogen) atoms. The summed E-state index contributed by atoms with van der Waals surface area (Å²) >= 11 is 3.81. The van der Waals surface area contributed by atoms with Crippen molar-refractivity contribution in [2.75, 3.05) is 18.6 Å². The molecule has 1 aromatic carbocycles. The molecular weight excluding hydrogens is 338 g/mol. The van der Waals surface area contributed by atoms with Gasteiger partial charge in [0.05, 0.1) is 7.11 Å². The van der Waals surface area contributed by atoms with Gasteiger partial charge in [-0.1, -0.05) is 34.1 Å². The van der Waals surface area contributed by atoms with Crippen molar-refractivity contribution in [2.24, 2.45) is 5.92 Å². The minimum absolute atomic E-state index is 0.723. The first-order valence-electron chi connectivity index (χ1n) is 7.96. The molecule has 4 rings (SSSR count). The molecule has 0 bridgehead atoms. The summed E-state index contributed by atoms with van der Waals surface area (Å²) in [5, 5.41) is 0. The molecule has 0 amide bonds. The van der Waals surface area contributed by atoms with Gasteiger partial charge in [0.25, 0.3) is 0 Å². The number of ether oxygens (including phenoxy) is 1. The second-order valence-electron chi connectivity index (χ2n) is 6.23. The third-order valence-electron chi connectivity index (χ3n) is 5.03. The van der Waals surface area contributed by atoms with Crippen LogP contribution in [0.25, 0.3) is 0 Å². The van der Waals surface area contributed by atoms with Gasteiger partial charge in [-0.15, -0.1) is 0 Å². The second kappa shape index (κ2) is 5.62. The first kappa shape index (κ1) is 14.1. The Kier molecular flexibility index (Phi) is 3.61. The number of para-hydroxylation sites is 1. The van der Waals surface area contributed by atoms with E-state index >= 15 is 0 Å². The molecule has 0 fully saturated rings. The highest BCUT2D eigenvalue weighted by atomic mass is 79.9. The SMILES string of the molecule is COC1=CN(c2ccccc2)CC2=C3C1=C(Br)CCC3CC2. The highest BCUT2D eigenvalue weighted by molar-refractivity contribution is 9.11. The number of benzene rings is 1. The molecule has 1 aromatic rings. The molecule has 114 valence electrons. The number of hydrogen-bond donors (Lipinski definition) is 0. The van der Waals surface area contributed by atoms with Crippen LogP contribution in [0, 0.1) is 5.92 Å². The van der Waals surface area contributed by atoms with Crippen LogP contribution in [0.2, 0.25) is 0 Å². The van der Waals surface area contributed by atoms with Crippen molar-refractivity contribution in [3.63, 3.8) is 0 Å². The number of methoxy groups -OCH3 is 1. The van der Waals surface area contributed by atoms with Crippen LogP contribution in [0.15, 0.2) is 63.5 Å². The zero-order chi connectivity index (χ0) is 15.1. The molecule has 0 spiro atoms. The van der Waals surface area contributed by atoms with Gasteiger partial charge in [0.1, 0.15) is 5.76 Å². The Hall–Kier alpha value is -1.48. The van der Waals surface area contributed by atoms with Gasteiger partial charge in [-0.2, -0.15) is 0 Å². The Balaban J connectivity index is 1.86. The number of allylic oxidation sites excluding steroid dienone is 2. The average molecular weight is 358 g/mol. The van der Waals surface area contributed by atoms with E-state index in [2.05, 4.69) is 57.4 Å². The predicted molar refractivity (Wildman–Crippen MR) is 93.8 cm³/mol. The van der Waals surface area contributed by atoms with Gasteiger partial charge in [0, 0.05) is 28.5 Å². The Morgan fingerprint density at radius 1 is 1.14 bits per heavy atom. The molecule has 0 radical (unpaired) electrons. The summed E-state index contributed by atoms with van der Waals surface area (Å²) in [6.45, 7) is 0.979. The topological polar surface area (TPSA) is 12.5 Å². The van der Waals surface area contributed by atoms with Crippen LogP contribution in [0.5, 0.6) is 0 Å². The summed E-state index contributed by atoms with van der Waals surface area (Å²) in [6.07, 6.45) is 7.09. The van der Waals surface area contributed by atoms with Gasteiger partial charge in [-0.3, -0.25) is 0 Å². The monoisotopic (exact) mass is 357 g/mol. The van der Waals surface area contributed by atoms with Crippen molar-refractivity contribution in [2.45, 2.75) is 25.7 Å². The summed E-state index contributed by atoms with van der Waals surface area (Å²) in [5.41, 5.74) is 5.70. The average Bonchev–Trinajstić information content (AvgIpc) is 2.87. The van der Waals surface area contributed by atoms with Crippen molar-refractivity contribution in [1.82, 2.24) is 0 Å². The third kappa shape index (κ3) is 2.23. The summed E-state index contributed by atoms with van der Waals surface area (Å²) in [7, 11) is 1.78. The van der Waals surface area contributed by atoms with E-state index in [1.54, 1.807) is 18.3 Å². The van der Waals surface area contributed by atoms with Crippen molar-refractivity contribution in [3.8, 4) is 0 Å². The Labute approximate surface area is 140 Å². The molecule has 3 aliphatic rings. The molecule has 2 nitrogen and oxygen atoms in total. The minimum atomic E-state index is 0.723. The maximum absolute atomic E-state index is 5.78. The number of hydrogen-bond acceptors (Lipinski definition) is 2. The first-order valence-corrected chi connectivity index (χ1v) is 8.76. The zero-order valence-electron chi connectivity index (χ0n) is 12.8. The molecule has 1 aliphatic heterocycles. The van der Waals surface area contributed by atoms with Crippen LogP contribution < -0.4 is 4.90 Å². The van der Waals surface area contributed by atoms with E-state index in [1.807, 2.05) is 0 Å². The van der Waals surface area contributed by atoms with Crippen LogP contribution >= 0.6 is 15.9 Å². The van der Waals surface area contributed by atoms with E-state index < -0.39 is 0 Å². The maximum atomic E-state index is 5.78. The Morgan fingerprint density at radius 3 is 2.68 bits per heavy atom. The standard InChI is InChI=1S/C19H20BrNO/c1-22-17-12-21(15-5-3-2-4-6-15)11-14-8-7-13-9-10-16(20)19(17)18(13)14/h2-6,12-13H,7-11H2,1H3. The zero-order valence-corrected chi connectivity index (χ0v) is 14.4. The van der Waals surface area contributed by atoms with Crippen LogP contribution in [0.1, 0.15) is 25.7 Å². The fourth-order valence-corrected chi connectivity index (χ4v) is 4.62. The summed E-state index contributed by atoms with van der Waals surface area (Å²) in [5.74, 6) is 1.72. The lowest BCUT2D eigenvalue weighted by molar-refractivity contribution is 0.297. The molecule has 3 heteroatoms. The lowest BCUT2D eigenvalue weighted by atomic mass is 9.84. The minimum Gasteiger partial charge on any atom is -0.495 e. The summed E-state index contributed by atoms with van der Waals surface area (Å²) in [4.78, 5) is 2.33. The van der Waals surface area contributed by atoms with Crippen LogP contribution in [-0.2, 0) is 4.74 Å². The van der Waals surface area contributed by atoms with Gasteiger partial charge in [0.2, 0.25) is 0 Å². The fraction of sp³-hybridized carbons (Fsp3) is 0.368. The molecule has 1 atom stereocenters. The van der Waals surface area contributed by atoms with Crippen LogP contribution in [-0.4, -0.2) is 13.7 Å². The van der Waals surface area contributed by atoms with Crippen molar-refractivity contribution in [1.29, 1.82) is 0 Å². The lowest BCUT2D eigenvalue weighted by Crippen LogP contribution is -2.18. The predicted octanol–water partition coefficient (Wildman–Crippen LogP) is 5.14. The number of anilines is 1. The van der Waals surface area contributed by atoms with E-state index in [1.165, 1.54) is 35.0 Å². The second-order valence-corrected chi connectivity index (χ2v) is 7.19. The Bertz CT molecular complexity index is 687. The maximum Gasteiger partial charge on any atom is 0.143 e. The number of rotatable bonds is 2. The molecule has 0 N–H and O–H groups in total. The fourth-order valence-electron chi connectivity index (χ4n) is 3.99. The van der Waals surface area contributed by atoms with Crippen molar-refractivity contribution in [3.05, 3.63) is 63.5 Å². The summed E-state index contributed by atoms with van der Waals surface area (Å²) < 4.78 is 7.09. The van der Waals surface area contributed by atoms with E-state index in [0.717, 1.165) is 24.6 Å². The molecule has 0 saturated heterocycles. The van der Waals surface area contributed by atoms with E-state index in [0.29, 0.717) is 0 Å². The van der Waals surface area contributed by atoms with E-state index in [9.17, 15) is 0 Å². The highest BCUT2D eigenvalue weighted by Crippen LogP contribution is 2.50. The van der Waals surface area contributed by atoms with Gasteiger partial charge in [0.15, 0.2) is 0 Å². The van der Waals surface area contributed by atoms with E-state index in [-0.39, 0.29) is 0 Å². The number of halogens is 1. The van der Waals surface area contributed by atoms with Gasteiger partial charge in [-0.05, 0) is 54.9 Å². The van der Waals surface area contributed by atoms with Gasteiger partial charge in [-0.25, -0.2) is 0 Å². The van der Waals surface area contributed by atoms with E-state index in [4.69, 9.17) is 4.74 Å². The van der Waals surface area contributed by atoms with Gasteiger partial charge < -0.3 is 9.64 Å². The molecule has 0 aromatic heterocycles. The molecule has 1 heterocycles.